The monoisotopic (exact) mass is 215 g/mol. The Morgan fingerprint density at radius 2 is 2.43 bits per heavy atom. The molecule has 0 bridgehead atoms. The van der Waals surface area contributed by atoms with Gasteiger partial charge < -0.3 is 15.7 Å². The number of hydrogen-bond acceptors (Lipinski definition) is 5. The second-order valence-electron chi connectivity index (χ2n) is 3.54. The van der Waals surface area contributed by atoms with Crippen molar-refractivity contribution in [2.75, 3.05) is 19.3 Å². The molecule has 1 heterocycles. The van der Waals surface area contributed by atoms with Crippen molar-refractivity contribution in [2.24, 2.45) is 0 Å². The Kier molecular flexibility index (Phi) is 4.31. The van der Waals surface area contributed by atoms with E-state index < -0.39 is 0 Å². The fourth-order valence-corrected chi connectivity index (χ4v) is 1.91. The number of aliphatic hydroxyl groups is 1. The average molecular weight is 215 g/mol. The summed E-state index contributed by atoms with van der Waals surface area (Å²) in [6.07, 6.45) is 2.37. The molecule has 3 N–H and O–H groups in total. The maximum absolute atomic E-state index is 9.12. The van der Waals surface area contributed by atoms with Crippen LogP contribution in [0.25, 0.3) is 0 Å². The zero-order valence-electron chi connectivity index (χ0n) is 8.60. The number of nitrogens with zero attached hydrogens (tertiary/aromatic N) is 2. The fraction of sp³-hybridized carbons (Fsp3) is 0.667. The van der Waals surface area contributed by atoms with Crippen molar-refractivity contribution in [1.82, 2.24) is 9.88 Å². The molecule has 14 heavy (non-hydrogen) atoms. The number of nitrogen functional groups attached to an aromatic ring is 1. The number of rotatable bonds is 5. The first-order valence-electron chi connectivity index (χ1n) is 4.64. The summed E-state index contributed by atoms with van der Waals surface area (Å²) >= 11 is 1.51. The molecule has 80 valence electrons. The van der Waals surface area contributed by atoms with Gasteiger partial charge in [-0.3, -0.25) is 0 Å². The molecule has 0 spiro atoms. The summed E-state index contributed by atoms with van der Waals surface area (Å²) < 4.78 is 0. The van der Waals surface area contributed by atoms with E-state index in [-0.39, 0.29) is 6.10 Å². The Morgan fingerprint density at radius 1 is 1.71 bits per heavy atom. The standard InChI is InChI=1S/C9H17N3OS/c1-7(13)3-4-12(2)6-8-5-11-9(10)14-8/h5,7,13H,3-4,6H2,1-2H3,(H2,10,11). The first-order valence-corrected chi connectivity index (χ1v) is 5.46. The van der Waals surface area contributed by atoms with Crippen molar-refractivity contribution in [3.8, 4) is 0 Å². The van der Waals surface area contributed by atoms with Crippen LogP contribution in [0.2, 0.25) is 0 Å². The highest BCUT2D eigenvalue weighted by atomic mass is 32.1. The Bertz CT molecular complexity index is 275. The molecule has 1 aromatic rings. The molecule has 0 radical (unpaired) electrons. The molecular formula is C9H17N3OS. The van der Waals surface area contributed by atoms with E-state index in [1.165, 1.54) is 11.3 Å². The van der Waals surface area contributed by atoms with E-state index in [2.05, 4.69) is 9.88 Å². The molecule has 0 aliphatic rings. The van der Waals surface area contributed by atoms with Crippen molar-refractivity contribution in [2.45, 2.75) is 26.0 Å². The van der Waals surface area contributed by atoms with Crippen LogP contribution in [0.3, 0.4) is 0 Å². The lowest BCUT2D eigenvalue weighted by molar-refractivity contribution is 0.163. The van der Waals surface area contributed by atoms with E-state index in [0.717, 1.165) is 24.4 Å². The molecule has 0 amide bonds. The molecule has 0 aliphatic heterocycles. The van der Waals surface area contributed by atoms with Gasteiger partial charge in [0.2, 0.25) is 0 Å². The van der Waals surface area contributed by atoms with E-state index in [0.29, 0.717) is 5.13 Å². The third-order valence-electron chi connectivity index (χ3n) is 1.93. The van der Waals surface area contributed by atoms with Crippen LogP contribution >= 0.6 is 11.3 Å². The molecule has 1 rings (SSSR count). The quantitative estimate of drug-likeness (QED) is 0.767. The Balaban J connectivity index is 2.30. The van der Waals surface area contributed by atoms with E-state index in [9.17, 15) is 0 Å². The first kappa shape index (κ1) is 11.4. The summed E-state index contributed by atoms with van der Waals surface area (Å²) in [6, 6.07) is 0. The maximum Gasteiger partial charge on any atom is 0.180 e. The minimum atomic E-state index is -0.232. The SMILES string of the molecule is CC(O)CCN(C)Cc1cnc(N)s1. The van der Waals surface area contributed by atoms with Gasteiger partial charge >= 0.3 is 0 Å². The van der Waals surface area contributed by atoms with E-state index >= 15 is 0 Å². The normalized spacial score (nSPS) is 13.4. The van der Waals surface area contributed by atoms with Crippen molar-refractivity contribution in [3.63, 3.8) is 0 Å². The van der Waals surface area contributed by atoms with Gasteiger partial charge in [0, 0.05) is 24.2 Å². The number of anilines is 1. The van der Waals surface area contributed by atoms with Crippen LogP contribution in [-0.4, -0.2) is 34.7 Å². The number of aliphatic hydroxyl groups excluding tert-OH is 1. The number of aromatic nitrogens is 1. The molecule has 0 saturated carbocycles. The van der Waals surface area contributed by atoms with Gasteiger partial charge in [-0.25, -0.2) is 4.98 Å². The molecule has 5 heteroatoms. The topological polar surface area (TPSA) is 62.4 Å². The lowest BCUT2D eigenvalue weighted by Crippen LogP contribution is -2.21. The number of thiazole rings is 1. The van der Waals surface area contributed by atoms with Crippen LogP contribution in [0.5, 0.6) is 0 Å². The average Bonchev–Trinajstić information content (AvgIpc) is 2.48. The Hall–Kier alpha value is -0.650. The molecule has 0 aliphatic carbocycles. The van der Waals surface area contributed by atoms with Crippen LogP contribution in [0.4, 0.5) is 5.13 Å². The predicted molar refractivity (Wildman–Crippen MR) is 59.2 cm³/mol. The number of nitrogens with two attached hydrogens (primary N) is 1. The van der Waals surface area contributed by atoms with Crippen LogP contribution in [0.15, 0.2) is 6.20 Å². The third kappa shape index (κ3) is 4.04. The smallest absolute Gasteiger partial charge is 0.180 e. The fourth-order valence-electron chi connectivity index (χ4n) is 1.15. The zero-order valence-corrected chi connectivity index (χ0v) is 9.42. The Morgan fingerprint density at radius 3 is 2.93 bits per heavy atom. The van der Waals surface area contributed by atoms with Gasteiger partial charge in [-0.05, 0) is 20.4 Å². The second kappa shape index (κ2) is 5.29. The first-order chi connectivity index (χ1) is 6.58. The molecule has 1 unspecified atom stereocenters. The van der Waals surface area contributed by atoms with Crippen LogP contribution in [-0.2, 0) is 6.54 Å². The zero-order chi connectivity index (χ0) is 10.6. The highest BCUT2D eigenvalue weighted by molar-refractivity contribution is 7.15. The molecule has 0 saturated heterocycles. The van der Waals surface area contributed by atoms with E-state index in [1.807, 2.05) is 7.05 Å². The Labute approximate surface area is 88.4 Å². The van der Waals surface area contributed by atoms with E-state index in [1.54, 1.807) is 13.1 Å². The van der Waals surface area contributed by atoms with Gasteiger partial charge in [0.15, 0.2) is 5.13 Å². The van der Waals surface area contributed by atoms with Crippen LogP contribution in [0.1, 0.15) is 18.2 Å². The molecule has 4 nitrogen and oxygen atoms in total. The summed E-state index contributed by atoms with van der Waals surface area (Å²) in [5.74, 6) is 0. The molecular weight excluding hydrogens is 198 g/mol. The summed E-state index contributed by atoms with van der Waals surface area (Å²) in [5.41, 5.74) is 5.53. The van der Waals surface area contributed by atoms with E-state index in [4.69, 9.17) is 10.8 Å². The third-order valence-corrected chi connectivity index (χ3v) is 2.74. The van der Waals surface area contributed by atoms with Crippen molar-refractivity contribution >= 4 is 16.5 Å². The molecule has 0 fully saturated rings. The van der Waals surface area contributed by atoms with Crippen LogP contribution in [0, 0.1) is 0 Å². The van der Waals surface area contributed by atoms with Gasteiger partial charge in [0.25, 0.3) is 0 Å². The summed E-state index contributed by atoms with van der Waals surface area (Å²) in [5, 5.41) is 9.73. The minimum absolute atomic E-state index is 0.232. The summed E-state index contributed by atoms with van der Waals surface area (Å²) in [6.45, 7) is 3.54. The van der Waals surface area contributed by atoms with Gasteiger partial charge in [-0.15, -0.1) is 11.3 Å². The van der Waals surface area contributed by atoms with Gasteiger partial charge in [0.1, 0.15) is 0 Å². The number of hydrogen-bond donors (Lipinski definition) is 2. The van der Waals surface area contributed by atoms with Crippen molar-refractivity contribution in [3.05, 3.63) is 11.1 Å². The second-order valence-corrected chi connectivity index (χ2v) is 4.69. The van der Waals surface area contributed by atoms with Crippen molar-refractivity contribution in [1.29, 1.82) is 0 Å². The van der Waals surface area contributed by atoms with Crippen molar-refractivity contribution < 1.29 is 5.11 Å². The predicted octanol–water partition coefficient (Wildman–Crippen LogP) is 0.928. The molecule has 1 aromatic heterocycles. The van der Waals surface area contributed by atoms with Gasteiger partial charge in [-0.1, -0.05) is 0 Å². The summed E-state index contributed by atoms with van der Waals surface area (Å²) in [4.78, 5) is 7.30. The van der Waals surface area contributed by atoms with Crippen LogP contribution < -0.4 is 5.73 Å². The minimum Gasteiger partial charge on any atom is -0.393 e. The maximum atomic E-state index is 9.12. The van der Waals surface area contributed by atoms with Gasteiger partial charge in [0.05, 0.1) is 6.10 Å². The highest BCUT2D eigenvalue weighted by Gasteiger charge is 2.04. The summed E-state index contributed by atoms with van der Waals surface area (Å²) in [7, 11) is 2.03. The largest absolute Gasteiger partial charge is 0.393 e. The molecule has 0 aromatic carbocycles. The highest BCUT2D eigenvalue weighted by Crippen LogP contribution is 2.15. The lowest BCUT2D eigenvalue weighted by Gasteiger charge is -2.15. The molecule has 1 atom stereocenters. The lowest BCUT2D eigenvalue weighted by atomic mass is 10.3. The van der Waals surface area contributed by atoms with Gasteiger partial charge in [-0.2, -0.15) is 0 Å².